The van der Waals surface area contributed by atoms with Crippen LogP contribution in [0, 0.1) is 6.08 Å². The molecule has 0 spiro atoms. The van der Waals surface area contributed by atoms with E-state index in [1.54, 1.807) is 0 Å². The Hall–Kier alpha value is 0.116. The van der Waals surface area contributed by atoms with Crippen molar-refractivity contribution in [2.45, 2.75) is 6.42 Å². The molecular weight excluding hydrogens is 250 g/mol. The van der Waals surface area contributed by atoms with Crippen LogP contribution < -0.4 is 0 Å². The van der Waals surface area contributed by atoms with Crippen LogP contribution in [-0.2, 0) is 19.8 Å². The number of hydrogen-bond donors (Lipinski definition) is 0. The molecule has 0 aliphatic heterocycles. The van der Waals surface area contributed by atoms with Crippen molar-refractivity contribution in [1.29, 1.82) is 0 Å². The fraction of sp³-hybridized carbons (Fsp3) is 0.200. The molecule has 1 aliphatic carbocycles. The zero-order valence-corrected chi connectivity index (χ0v) is 6.60. The van der Waals surface area contributed by atoms with Crippen molar-refractivity contribution in [2.24, 2.45) is 0 Å². The van der Waals surface area contributed by atoms with Gasteiger partial charge in [-0.15, -0.1) is 6.42 Å². The maximum absolute atomic E-state index is 2.99. The first-order chi connectivity index (χ1) is 2.50. The Kier molecular flexibility index (Phi) is 3.38. The normalized spacial score (nSPS) is 14.7. The van der Waals surface area contributed by atoms with E-state index >= 15 is 0 Å². The Morgan fingerprint density at radius 3 is 2.50 bits per heavy atom. The van der Waals surface area contributed by atoms with E-state index in [4.69, 9.17) is 0 Å². The standard InChI is InChI=1S/C5H5.Os.3H/c1-2-4-5-3-1;;;;/h1-3H,4H2;;;;/q-1;;;;. The summed E-state index contributed by atoms with van der Waals surface area (Å²) < 4.78 is 0. The van der Waals surface area contributed by atoms with Gasteiger partial charge in [0, 0.05) is 0 Å². The Labute approximate surface area is 51.0 Å². The quantitative estimate of drug-likeness (QED) is 0.555. The second kappa shape index (κ2) is 3.31. The first-order valence-electron chi connectivity index (χ1n) is 1.72. The van der Waals surface area contributed by atoms with Gasteiger partial charge in [0.1, 0.15) is 0 Å². The van der Waals surface area contributed by atoms with Gasteiger partial charge in [0.05, 0.1) is 0 Å². The van der Waals surface area contributed by atoms with Crippen LogP contribution in [0.3, 0.4) is 0 Å². The van der Waals surface area contributed by atoms with E-state index in [1.165, 1.54) is 0 Å². The zero-order valence-electron chi connectivity index (χ0n) is 3.39. The second-order valence-electron chi connectivity index (χ2n) is 1.00. The zero-order chi connectivity index (χ0) is 3.54. The molecule has 0 fully saturated rings. The second-order valence-corrected chi connectivity index (χ2v) is 1.00. The van der Waals surface area contributed by atoms with E-state index in [1.807, 2.05) is 12.2 Å². The van der Waals surface area contributed by atoms with Gasteiger partial charge < -0.3 is 0 Å². The minimum absolute atomic E-state index is 0. The van der Waals surface area contributed by atoms with Gasteiger partial charge in [-0.25, -0.2) is 12.2 Å². The Balaban J connectivity index is 0.000000250. The van der Waals surface area contributed by atoms with Gasteiger partial charge in [0.15, 0.2) is 0 Å². The molecule has 0 bridgehead atoms. The molecular formula is C5H8Os-. The third-order valence-corrected chi connectivity index (χ3v) is 0.586. The van der Waals surface area contributed by atoms with Gasteiger partial charge in [-0.05, 0) is 0 Å². The van der Waals surface area contributed by atoms with Gasteiger partial charge in [0.25, 0.3) is 0 Å². The molecule has 0 nitrogen and oxygen atoms in total. The summed E-state index contributed by atoms with van der Waals surface area (Å²) in [5.41, 5.74) is 0. The molecule has 1 heteroatoms. The summed E-state index contributed by atoms with van der Waals surface area (Å²) >= 11 is 0. The predicted molar refractivity (Wildman–Crippen MR) is 25.8 cm³/mol. The van der Waals surface area contributed by atoms with Gasteiger partial charge >= 0.3 is 19.8 Å². The van der Waals surface area contributed by atoms with Crippen molar-refractivity contribution in [3.8, 4) is 0 Å². The molecule has 1 rings (SSSR count). The summed E-state index contributed by atoms with van der Waals surface area (Å²) in [4.78, 5) is 0. The predicted octanol–water partition coefficient (Wildman–Crippen LogP) is 0.500. The fourth-order valence-corrected chi connectivity index (χ4v) is 0.340. The summed E-state index contributed by atoms with van der Waals surface area (Å²) in [6.45, 7) is 0. The van der Waals surface area contributed by atoms with Crippen molar-refractivity contribution < 1.29 is 19.8 Å². The molecule has 0 aromatic rings. The van der Waals surface area contributed by atoms with Crippen molar-refractivity contribution >= 4 is 0 Å². The number of allylic oxidation sites excluding steroid dienone is 4. The summed E-state index contributed by atoms with van der Waals surface area (Å²) in [7, 11) is 0. The van der Waals surface area contributed by atoms with Crippen LogP contribution in [0.4, 0.5) is 0 Å². The molecule has 0 radical (unpaired) electrons. The molecule has 0 heterocycles. The van der Waals surface area contributed by atoms with Crippen molar-refractivity contribution in [2.75, 3.05) is 0 Å². The molecule has 37 valence electrons. The summed E-state index contributed by atoms with van der Waals surface area (Å²) in [6.07, 6.45) is 10.0. The van der Waals surface area contributed by atoms with Gasteiger partial charge in [-0.3, -0.25) is 6.08 Å². The van der Waals surface area contributed by atoms with E-state index in [9.17, 15) is 0 Å². The summed E-state index contributed by atoms with van der Waals surface area (Å²) in [5.74, 6) is 0. The van der Waals surface area contributed by atoms with Gasteiger partial charge in [0.2, 0.25) is 0 Å². The molecule has 0 atom stereocenters. The molecule has 0 amide bonds. The van der Waals surface area contributed by atoms with E-state index in [2.05, 4.69) is 12.2 Å². The first-order valence-corrected chi connectivity index (χ1v) is 1.72. The van der Waals surface area contributed by atoms with Gasteiger partial charge in [-0.1, -0.05) is 0 Å². The fourth-order valence-electron chi connectivity index (χ4n) is 0.340. The van der Waals surface area contributed by atoms with Crippen molar-refractivity contribution in [3.05, 3.63) is 24.3 Å². The van der Waals surface area contributed by atoms with Crippen molar-refractivity contribution in [3.63, 3.8) is 0 Å². The number of rotatable bonds is 0. The van der Waals surface area contributed by atoms with Crippen LogP contribution in [0.15, 0.2) is 18.2 Å². The molecule has 6 heavy (non-hydrogen) atoms. The van der Waals surface area contributed by atoms with Crippen LogP contribution in [0.1, 0.15) is 6.42 Å². The third kappa shape index (κ3) is 1.53. The molecule has 0 saturated heterocycles. The Bertz CT molecular complexity index is 62.0. The topological polar surface area (TPSA) is 0 Å². The third-order valence-electron chi connectivity index (χ3n) is 0.586. The molecule has 1 aliphatic rings. The molecule has 0 aromatic heterocycles. The number of hydrogen-bond acceptors (Lipinski definition) is 0. The van der Waals surface area contributed by atoms with Crippen LogP contribution in [0.25, 0.3) is 0 Å². The molecule has 0 saturated carbocycles. The SMILES string of the molecule is [C-]1=CC=CC1.[OsH3]. The van der Waals surface area contributed by atoms with E-state index in [0.29, 0.717) is 0 Å². The average molecular weight is 258 g/mol. The first kappa shape index (κ1) is 6.12. The molecule has 0 N–H and O–H groups in total. The molecule has 0 aromatic carbocycles. The van der Waals surface area contributed by atoms with E-state index < -0.39 is 0 Å². The van der Waals surface area contributed by atoms with Crippen molar-refractivity contribution in [1.82, 2.24) is 0 Å². The maximum atomic E-state index is 2.99. The van der Waals surface area contributed by atoms with Crippen LogP contribution in [0.5, 0.6) is 0 Å². The monoisotopic (exact) mass is 260 g/mol. The Morgan fingerprint density at radius 2 is 2.33 bits per heavy atom. The minimum atomic E-state index is 0. The average Bonchev–Trinajstić information content (AvgIpc) is 1.76. The van der Waals surface area contributed by atoms with Crippen LogP contribution in [0.2, 0.25) is 0 Å². The van der Waals surface area contributed by atoms with E-state index in [-0.39, 0.29) is 19.8 Å². The summed E-state index contributed by atoms with van der Waals surface area (Å²) in [5, 5.41) is 0. The summed E-state index contributed by atoms with van der Waals surface area (Å²) in [6, 6.07) is 0. The van der Waals surface area contributed by atoms with Crippen LogP contribution in [-0.4, -0.2) is 0 Å². The van der Waals surface area contributed by atoms with Gasteiger partial charge in [-0.2, -0.15) is 6.08 Å². The Morgan fingerprint density at radius 1 is 1.50 bits per heavy atom. The van der Waals surface area contributed by atoms with Crippen LogP contribution >= 0.6 is 0 Å². The molecule has 0 unspecified atom stereocenters. The van der Waals surface area contributed by atoms with E-state index in [0.717, 1.165) is 6.42 Å².